The zero-order chi connectivity index (χ0) is 22.3. The molecule has 9 heteroatoms. The molecule has 32 heavy (non-hydrogen) atoms. The van der Waals surface area contributed by atoms with Crippen molar-refractivity contribution in [2.75, 3.05) is 43.0 Å². The minimum absolute atomic E-state index is 0.111. The number of aromatic nitrogens is 2. The summed E-state index contributed by atoms with van der Waals surface area (Å²) in [6.07, 6.45) is 1.54. The lowest BCUT2D eigenvalue weighted by Crippen LogP contribution is -2.38. The SMILES string of the molecule is CCOc1ccccc1NC(=O)N1CCCN(c2nc(Cc3ccc(Cl)cc3)ns2)CC1. The Balaban J connectivity index is 1.35. The largest absolute Gasteiger partial charge is 0.492 e. The summed E-state index contributed by atoms with van der Waals surface area (Å²) in [7, 11) is 0. The molecule has 0 aliphatic carbocycles. The number of nitrogens with zero attached hydrogens (tertiary/aromatic N) is 4. The summed E-state index contributed by atoms with van der Waals surface area (Å²) in [4.78, 5) is 21.6. The van der Waals surface area contributed by atoms with Gasteiger partial charge in [-0.3, -0.25) is 0 Å². The second kappa shape index (κ2) is 10.7. The van der Waals surface area contributed by atoms with E-state index in [4.69, 9.17) is 21.3 Å². The zero-order valence-electron chi connectivity index (χ0n) is 18.0. The second-order valence-electron chi connectivity index (χ2n) is 7.48. The molecule has 3 aromatic rings. The highest BCUT2D eigenvalue weighted by Gasteiger charge is 2.22. The maximum absolute atomic E-state index is 12.9. The Labute approximate surface area is 197 Å². The number of urea groups is 1. The molecule has 1 aliphatic rings. The van der Waals surface area contributed by atoms with Crippen LogP contribution >= 0.6 is 23.1 Å². The van der Waals surface area contributed by atoms with Gasteiger partial charge in [-0.15, -0.1) is 0 Å². The van der Waals surface area contributed by atoms with Crippen LogP contribution in [-0.2, 0) is 6.42 Å². The molecule has 0 spiro atoms. The smallest absolute Gasteiger partial charge is 0.322 e. The average Bonchev–Trinajstić information content (AvgIpc) is 3.11. The Morgan fingerprint density at radius 2 is 1.94 bits per heavy atom. The average molecular weight is 472 g/mol. The molecule has 168 valence electrons. The molecule has 0 radical (unpaired) electrons. The van der Waals surface area contributed by atoms with Crippen LogP contribution in [0.25, 0.3) is 0 Å². The molecule has 1 N–H and O–H groups in total. The van der Waals surface area contributed by atoms with Gasteiger partial charge < -0.3 is 19.9 Å². The molecule has 2 heterocycles. The zero-order valence-corrected chi connectivity index (χ0v) is 19.5. The number of benzene rings is 2. The van der Waals surface area contributed by atoms with Gasteiger partial charge in [-0.1, -0.05) is 35.9 Å². The van der Waals surface area contributed by atoms with Crippen molar-refractivity contribution in [2.24, 2.45) is 0 Å². The summed E-state index contributed by atoms with van der Waals surface area (Å²) in [6.45, 7) is 5.35. The van der Waals surface area contributed by atoms with E-state index < -0.39 is 0 Å². The molecule has 1 fully saturated rings. The fraction of sp³-hybridized carbons (Fsp3) is 0.348. The molecule has 1 aromatic heterocycles. The number of amides is 2. The van der Waals surface area contributed by atoms with Gasteiger partial charge in [0, 0.05) is 49.2 Å². The summed E-state index contributed by atoms with van der Waals surface area (Å²) in [5.74, 6) is 1.49. The number of rotatable bonds is 6. The molecular formula is C23H26ClN5O2S. The lowest BCUT2D eigenvalue weighted by Gasteiger charge is -2.22. The Morgan fingerprint density at radius 3 is 2.75 bits per heavy atom. The Bertz CT molecular complexity index is 1040. The third kappa shape index (κ3) is 5.69. The summed E-state index contributed by atoms with van der Waals surface area (Å²) < 4.78 is 10.1. The minimum Gasteiger partial charge on any atom is -0.492 e. The number of hydrogen-bond donors (Lipinski definition) is 1. The number of halogens is 1. The number of anilines is 2. The van der Waals surface area contributed by atoms with Gasteiger partial charge in [0.2, 0.25) is 5.13 Å². The van der Waals surface area contributed by atoms with Crippen molar-refractivity contribution in [1.82, 2.24) is 14.3 Å². The van der Waals surface area contributed by atoms with E-state index in [1.165, 1.54) is 11.5 Å². The van der Waals surface area contributed by atoms with E-state index in [1.54, 1.807) is 0 Å². The van der Waals surface area contributed by atoms with Crippen LogP contribution in [-0.4, -0.2) is 53.1 Å². The number of nitrogens with one attached hydrogen (secondary N) is 1. The van der Waals surface area contributed by atoms with Crippen molar-refractivity contribution in [3.05, 3.63) is 64.9 Å². The summed E-state index contributed by atoms with van der Waals surface area (Å²) >= 11 is 7.37. The third-order valence-electron chi connectivity index (χ3n) is 5.21. The van der Waals surface area contributed by atoms with Crippen molar-refractivity contribution in [3.63, 3.8) is 0 Å². The molecule has 1 aliphatic heterocycles. The maximum Gasteiger partial charge on any atom is 0.322 e. The second-order valence-corrected chi connectivity index (χ2v) is 8.65. The van der Waals surface area contributed by atoms with Crippen LogP contribution in [0.3, 0.4) is 0 Å². The molecule has 0 atom stereocenters. The standard InChI is InChI=1S/C23H26ClN5O2S/c1-2-31-20-7-4-3-6-19(20)25-22(30)28-12-5-13-29(15-14-28)23-26-21(27-32-23)16-17-8-10-18(24)11-9-17/h3-4,6-11H,2,5,12-16H2,1H3,(H,25,30). The highest BCUT2D eigenvalue weighted by atomic mass is 35.5. The van der Waals surface area contributed by atoms with Crippen LogP contribution in [0.15, 0.2) is 48.5 Å². The lowest BCUT2D eigenvalue weighted by molar-refractivity contribution is 0.215. The van der Waals surface area contributed by atoms with Crippen LogP contribution in [0.4, 0.5) is 15.6 Å². The van der Waals surface area contributed by atoms with Crippen LogP contribution in [0.1, 0.15) is 24.7 Å². The van der Waals surface area contributed by atoms with Crippen molar-refractivity contribution in [1.29, 1.82) is 0 Å². The molecule has 4 rings (SSSR count). The Morgan fingerprint density at radius 1 is 1.12 bits per heavy atom. The van der Waals surface area contributed by atoms with Crippen LogP contribution in [0.2, 0.25) is 5.02 Å². The van der Waals surface area contributed by atoms with Crippen molar-refractivity contribution in [2.45, 2.75) is 19.8 Å². The topological polar surface area (TPSA) is 70.6 Å². The van der Waals surface area contributed by atoms with Gasteiger partial charge in [0.25, 0.3) is 0 Å². The van der Waals surface area contributed by atoms with Crippen LogP contribution in [0, 0.1) is 0 Å². The lowest BCUT2D eigenvalue weighted by atomic mass is 10.1. The first-order chi connectivity index (χ1) is 15.6. The fourth-order valence-corrected chi connectivity index (χ4v) is 4.45. The molecule has 1 saturated heterocycles. The fourth-order valence-electron chi connectivity index (χ4n) is 3.59. The molecular weight excluding hydrogens is 446 g/mol. The van der Waals surface area contributed by atoms with E-state index in [0.717, 1.165) is 41.1 Å². The van der Waals surface area contributed by atoms with E-state index >= 15 is 0 Å². The normalized spacial score (nSPS) is 14.2. The molecule has 0 saturated carbocycles. The molecule has 0 bridgehead atoms. The first-order valence-corrected chi connectivity index (χ1v) is 11.9. The van der Waals surface area contributed by atoms with Gasteiger partial charge in [0.05, 0.1) is 12.3 Å². The van der Waals surface area contributed by atoms with E-state index in [2.05, 4.69) is 14.6 Å². The van der Waals surface area contributed by atoms with E-state index in [0.29, 0.717) is 37.6 Å². The number of ether oxygens (including phenoxy) is 1. The third-order valence-corrected chi connectivity index (χ3v) is 6.28. The molecule has 7 nitrogen and oxygen atoms in total. The van der Waals surface area contributed by atoms with Crippen LogP contribution < -0.4 is 15.0 Å². The van der Waals surface area contributed by atoms with Crippen molar-refractivity contribution >= 4 is 40.0 Å². The van der Waals surface area contributed by atoms with Gasteiger partial charge in [0.15, 0.2) is 0 Å². The quantitative estimate of drug-likeness (QED) is 0.552. The molecule has 2 amide bonds. The summed E-state index contributed by atoms with van der Waals surface area (Å²) in [5.41, 5.74) is 1.82. The van der Waals surface area contributed by atoms with Gasteiger partial charge in [-0.2, -0.15) is 4.37 Å². The van der Waals surface area contributed by atoms with Gasteiger partial charge >= 0.3 is 6.03 Å². The predicted molar refractivity (Wildman–Crippen MR) is 129 cm³/mol. The molecule has 2 aromatic carbocycles. The first-order valence-electron chi connectivity index (χ1n) is 10.7. The monoisotopic (exact) mass is 471 g/mol. The maximum atomic E-state index is 12.9. The van der Waals surface area contributed by atoms with E-state index in [9.17, 15) is 4.79 Å². The summed E-state index contributed by atoms with van der Waals surface area (Å²) in [5, 5.41) is 4.61. The van der Waals surface area contributed by atoms with E-state index in [1.807, 2.05) is 60.4 Å². The number of carbonyl (C=O) groups excluding carboxylic acids is 1. The van der Waals surface area contributed by atoms with Gasteiger partial charge in [-0.25, -0.2) is 9.78 Å². The first kappa shape index (κ1) is 22.4. The van der Waals surface area contributed by atoms with Gasteiger partial charge in [0.1, 0.15) is 11.6 Å². The highest BCUT2D eigenvalue weighted by molar-refractivity contribution is 7.09. The highest BCUT2D eigenvalue weighted by Crippen LogP contribution is 2.25. The Hall–Kier alpha value is -2.84. The Kier molecular flexibility index (Phi) is 7.44. The van der Waals surface area contributed by atoms with E-state index in [-0.39, 0.29) is 6.03 Å². The minimum atomic E-state index is -0.111. The van der Waals surface area contributed by atoms with Crippen molar-refractivity contribution in [3.8, 4) is 5.75 Å². The predicted octanol–water partition coefficient (Wildman–Crippen LogP) is 4.93. The van der Waals surface area contributed by atoms with Crippen LogP contribution in [0.5, 0.6) is 5.75 Å². The molecule has 0 unspecified atom stereocenters. The number of carbonyl (C=O) groups is 1. The van der Waals surface area contributed by atoms with Crippen molar-refractivity contribution < 1.29 is 9.53 Å². The number of para-hydroxylation sites is 2. The number of hydrogen-bond acceptors (Lipinski definition) is 6. The summed E-state index contributed by atoms with van der Waals surface area (Å²) in [6, 6.07) is 15.1. The van der Waals surface area contributed by atoms with Gasteiger partial charge in [-0.05, 0) is 43.2 Å².